The van der Waals surface area contributed by atoms with Crippen molar-refractivity contribution >= 4 is 15.7 Å². The fraction of sp³-hybridized carbons (Fsp3) is 0.200. The van der Waals surface area contributed by atoms with E-state index in [2.05, 4.69) is 16.6 Å². The first-order valence-electron chi connectivity index (χ1n) is 4.31. The van der Waals surface area contributed by atoms with Crippen molar-refractivity contribution in [3.8, 4) is 11.8 Å². The van der Waals surface area contributed by atoms with Gasteiger partial charge in [0.15, 0.2) is 0 Å². The maximum atomic E-state index is 11.6. The van der Waals surface area contributed by atoms with Gasteiger partial charge >= 0.3 is 0 Å². The lowest BCUT2D eigenvalue weighted by Crippen LogP contribution is -2.23. The zero-order valence-electron chi connectivity index (χ0n) is 8.32. The van der Waals surface area contributed by atoms with E-state index in [1.807, 2.05) is 0 Å². The molecular weight excluding hydrogens is 212 g/mol. The molecule has 0 aliphatic rings. The average Bonchev–Trinajstić information content (AvgIpc) is 2.18. The molecule has 3 N–H and O–H groups in total. The van der Waals surface area contributed by atoms with E-state index in [1.165, 1.54) is 12.1 Å². The van der Waals surface area contributed by atoms with Gasteiger partial charge in [-0.05, 0) is 31.2 Å². The highest BCUT2D eigenvalue weighted by Crippen LogP contribution is 2.10. The molecule has 0 radical (unpaired) electrons. The zero-order chi connectivity index (χ0) is 11.3. The predicted octanol–water partition coefficient (Wildman–Crippen LogP) is 0.570. The molecule has 0 saturated heterocycles. The van der Waals surface area contributed by atoms with Gasteiger partial charge in [-0.2, -0.15) is 4.72 Å². The maximum Gasteiger partial charge on any atom is 0.241 e. The van der Waals surface area contributed by atoms with Crippen LogP contribution in [0.3, 0.4) is 0 Å². The summed E-state index contributed by atoms with van der Waals surface area (Å²) in [7, 11) is -3.46. The van der Waals surface area contributed by atoms with Crippen molar-refractivity contribution in [1.29, 1.82) is 0 Å². The Kier molecular flexibility index (Phi) is 3.72. The molecular formula is C10H12N2O2S. The Morgan fingerprint density at radius 2 is 1.93 bits per heavy atom. The maximum absolute atomic E-state index is 11.6. The third-order valence-corrected chi connectivity index (χ3v) is 3.13. The molecule has 80 valence electrons. The van der Waals surface area contributed by atoms with E-state index >= 15 is 0 Å². The van der Waals surface area contributed by atoms with Gasteiger partial charge in [0.1, 0.15) is 0 Å². The highest BCUT2D eigenvalue weighted by molar-refractivity contribution is 7.89. The Labute approximate surface area is 89.5 Å². The number of benzene rings is 1. The minimum absolute atomic E-state index is 0.114. The molecule has 5 heteroatoms. The summed E-state index contributed by atoms with van der Waals surface area (Å²) in [6.45, 7) is 1.76. The third kappa shape index (κ3) is 3.27. The van der Waals surface area contributed by atoms with E-state index in [4.69, 9.17) is 5.73 Å². The Morgan fingerprint density at radius 1 is 1.33 bits per heavy atom. The molecule has 0 saturated carbocycles. The highest BCUT2D eigenvalue weighted by Gasteiger charge is 2.11. The summed E-state index contributed by atoms with van der Waals surface area (Å²) in [5.74, 6) is 5.22. The molecule has 0 spiro atoms. The van der Waals surface area contributed by atoms with E-state index in [1.54, 1.807) is 19.1 Å². The minimum Gasteiger partial charge on any atom is -0.399 e. The summed E-state index contributed by atoms with van der Waals surface area (Å²) >= 11 is 0. The van der Waals surface area contributed by atoms with Gasteiger partial charge in [0.05, 0.1) is 11.4 Å². The minimum atomic E-state index is -3.46. The SMILES string of the molecule is CC#CCNS(=O)(=O)c1ccc(N)cc1. The van der Waals surface area contributed by atoms with Gasteiger partial charge in [-0.25, -0.2) is 8.42 Å². The van der Waals surface area contributed by atoms with Crippen molar-refractivity contribution < 1.29 is 8.42 Å². The van der Waals surface area contributed by atoms with Crippen LogP contribution in [0.1, 0.15) is 6.92 Å². The van der Waals surface area contributed by atoms with Crippen LogP contribution in [0.15, 0.2) is 29.2 Å². The van der Waals surface area contributed by atoms with Gasteiger partial charge in [-0.3, -0.25) is 0 Å². The average molecular weight is 224 g/mol. The van der Waals surface area contributed by atoms with Crippen LogP contribution in [0.25, 0.3) is 0 Å². The van der Waals surface area contributed by atoms with Crippen LogP contribution in [-0.2, 0) is 10.0 Å². The first kappa shape index (κ1) is 11.6. The Morgan fingerprint density at radius 3 is 2.47 bits per heavy atom. The largest absolute Gasteiger partial charge is 0.399 e. The van der Waals surface area contributed by atoms with Crippen molar-refractivity contribution in [2.24, 2.45) is 0 Å². The van der Waals surface area contributed by atoms with Crippen molar-refractivity contribution in [1.82, 2.24) is 4.72 Å². The molecule has 1 rings (SSSR count). The Balaban J connectivity index is 2.85. The quantitative estimate of drug-likeness (QED) is 0.582. The van der Waals surface area contributed by atoms with Crippen molar-refractivity contribution in [2.45, 2.75) is 11.8 Å². The summed E-state index contributed by atoms with van der Waals surface area (Å²) in [5.41, 5.74) is 5.98. The van der Waals surface area contributed by atoms with Crippen LogP contribution in [0.4, 0.5) is 5.69 Å². The van der Waals surface area contributed by atoms with Crippen molar-refractivity contribution in [3.05, 3.63) is 24.3 Å². The predicted molar refractivity (Wildman–Crippen MR) is 59.5 cm³/mol. The van der Waals surface area contributed by atoms with Gasteiger partial charge in [0.25, 0.3) is 0 Å². The smallest absolute Gasteiger partial charge is 0.241 e. The third-order valence-electron chi connectivity index (χ3n) is 1.72. The second-order valence-corrected chi connectivity index (χ2v) is 4.59. The first-order chi connectivity index (χ1) is 7.06. The molecule has 0 fully saturated rings. The summed E-state index contributed by atoms with van der Waals surface area (Å²) in [5, 5.41) is 0. The second kappa shape index (κ2) is 4.82. The Hall–Kier alpha value is -1.51. The number of hydrogen-bond donors (Lipinski definition) is 2. The normalized spacial score (nSPS) is 10.5. The topological polar surface area (TPSA) is 72.2 Å². The van der Waals surface area contributed by atoms with Crippen LogP contribution in [0, 0.1) is 11.8 Å². The number of nitrogen functional groups attached to an aromatic ring is 1. The number of hydrogen-bond acceptors (Lipinski definition) is 3. The van der Waals surface area contributed by atoms with Crippen LogP contribution in [0.2, 0.25) is 0 Å². The van der Waals surface area contributed by atoms with E-state index in [-0.39, 0.29) is 11.4 Å². The van der Waals surface area contributed by atoms with Crippen molar-refractivity contribution in [3.63, 3.8) is 0 Å². The lowest BCUT2D eigenvalue weighted by atomic mass is 10.3. The molecule has 0 aliphatic heterocycles. The summed E-state index contributed by atoms with van der Waals surface area (Å²) in [4.78, 5) is 0.189. The molecule has 0 bridgehead atoms. The lowest BCUT2D eigenvalue weighted by Gasteiger charge is -2.03. The fourth-order valence-corrected chi connectivity index (χ4v) is 1.87. The molecule has 0 aliphatic carbocycles. The summed E-state index contributed by atoms with van der Waals surface area (Å²) < 4.78 is 25.6. The summed E-state index contributed by atoms with van der Waals surface area (Å²) in [6.07, 6.45) is 0. The molecule has 0 heterocycles. The molecule has 1 aromatic carbocycles. The van der Waals surface area contributed by atoms with Gasteiger partial charge in [0, 0.05) is 5.69 Å². The van der Waals surface area contributed by atoms with E-state index < -0.39 is 10.0 Å². The van der Waals surface area contributed by atoms with Gasteiger partial charge in [0.2, 0.25) is 10.0 Å². The van der Waals surface area contributed by atoms with E-state index in [0.29, 0.717) is 5.69 Å². The molecule has 0 atom stereocenters. The number of nitrogens with one attached hydrogen (secondary N) is 1. The van der Waals surface area contributed by atoms with Gasteiger partial charge in [-0.1, -0.05) is 5.92 Å². The molecule has 0 aromatic heterocycles. The standard InChI is InChI=1S/C10H12N2O2S/c1-2-3-8-12-15(13,14)10-6-4-9(11)5-7-10/h4-7,12H,8,11H2,1H3. The summed E-state index contributed by atoms with van der Waals surface area (Å²) in [6, 6.07) is 5.99. The number of sulfonamides is 1. The molecule has 0 amide bonds. The molecule has 0 unspecified atom stereocenters. The van der Waals surface area contributed by atoms with Crippen LogP contribution >= 0.6 is 0 Å². The lowest BCUT2D eigenvalue weighted by molar-refractivity contribution is 0.586. The second-order valence-electron chi connectivity index (χ2n) is 2.82. The van der Waals surface area contributed by atoms with Crippen molar-refractivity contribution in [2.75, 3.05) is 12.3 Å². The molecule has 1 aromatic rings. The Bertz CT molecular complexity index is 480. The van der Waals surface area contributed by atoms with Crippen LogP contribution < -0.4 is 10.5 Å². The number of anilines is 1. The number of nitrogens with two attached hydrogens (primary N) is 1. The molecule has 15 heavy (non-hydrogen) atoms. The first-order valence-corrected chi connectivity index (χ1v) is 5.79. The zero-order valence-corrected chi connectivity index (χ0v) is 9.14. The highest BCUT2D eigenvalue weighted by atomic mass is 32.2. The van der Waals surface area contributed by atoms with E-state index in [9.17, 15) is 8.42 Å². The monoisotopic (exact) mass is 224 g/mol. The van der Waals surface area contributed by atoms with Gasteiger partial charge < -0.3 is 5.73 Å². The van der Waals surface area contributed by atoms with Gasteiger partial charge in [-0.15, -0.1) is 5.92 Å². The van der Waals surface area contributed by atoms with Crippen LogP contribution in [-0.4, -0.2) is 15.0 Å². The molecule has 4 nitrogen and oxygen atoms in total. The number of rotatable bonds is 3. The van der Waals surface area contributed by atoms with Crippen LogP contribution in [0.5, 0.6) is 0 Å². The fourth-order valence-electron chi connectivity index (χ4n) is 0.950. The van der Waals surface area contributed by atoms with E-state index in [0.717, 1.165) is 0 Å².